The summed E-state index contributed by atoms with van der Waals surface area (Å²) in [4.78, 5) is 26.3. The number of carbonyl (C=O) groups excluding carboxylic acids is 1. The van der Waals surface area contributed by atoms with Crippen molar-refractivity contribution in [1.82, 2.24) is 14.7 Å². The number of nitrogens with one attached hydrogen (secondary N) is 1. The quantitative estimate of drug-likeness (QED) is 0.675. The average molecular weight is 449 g/mol. The van der Waals surface area contributed by atoms with Crippen molar-refractivity contribution in [2.45, 2.75) is 57.7 Å². The first-order valence-electron chi connectivity index (χ1n) is 10.4. The maximum absolute atomic E-state index is 12.6. The molecule has 8 nitrogen and oxygen atoms in total. The van der Waals surface area contributed by atoms with Crippen LogP contribution in [0.25, 0.3) is 0 Å². The maximum Gasteiger partial charge on any atom is 0.412 e. The maximum atomic E-state index is 12.6. The summed E-state index contributed by atoms with van der Waals surface area (Å²) in [6.45, 7) is 0.657. The Morgan fingerprint density at radius 2 is 1.84 bits per heavy atom. The SMILES string of the molecule is CN(C)Cc1cnn(C[C@@H](OC(=O)Nc2c3c(cc4c2CCC4)CCC3)C(=O)O)c1.Cl. The van der Waals surface area contributed by atoms with E-state index in [2.05, 4.69) is 16.5 Å². The molecule has 1 atom stereocenters. The number of hydrogen-bond donors (Lipinski definition) is 2. The van der Waals surface area contributed by atoms with Crippen molar-refractivity contribution in [3.05, 3.63) is 46.3 Å². The number of aromatic nitrogens is 2. The molecule has 31 heavy (non-hydrogen) atoms. The number of hydrogen-bond acceptors (Lipinski definition) is 5. The first kappa shape index (κ1) is 23.1. The zero-order chi connectivity index (χ0) is 21.3. The van der Waals surface area contributed by atoms with Gasteiger partial charge < -0.3 is 14.7 Å². The molecule has 0 saturated carbocycles. The largest absolute Gasteiger partial charge is 0.478 e. The summed E-state index contributed by atoms with van der Waals surface area (Å²) in [6.07, 6.45) is 7.49. The number of carboxylic acids is 1. The molecular weight excluding hydrogens is 420 g/mol. The summed E-state index contributed by atoms with van der Waals surface area (Å²) < 4.78 is 6.81. The van der Waals surface area contributed by atoms with Gasteiger partial charge in [-0.25, -0.2) is 9.59 Å². The first-order valence-corrected chi connectivity index (χ1v) is 10.4. The molecule has 2 aliphatic carbocycles. The van der Waals surface area contributed by atoms with Gasteiger partial charge in [-0.15, -0.1) is 12.4 Å². The number of carboxylic acid groups (broad SMARTS) is 1. The third-order valence-corrected chi connectivity index (χ3v) is 5.76. The monoisotopic (exact) mass is 448 g/mol. The van der Waals surface area contributed by atoms with Crippen LogP contribution in [0.4, 0.5) is 10.5 Å². The molecule has 0 fully saturated rings. The minimum atomic E-state index is -1.32. The molecule has 0 unspecified atom stereocenters. The van der Waals surface area contributed by atoms with E-state index in [-0.39, 0.29) is 19.0 Å². The van der Waals surface area contributed by atoms with E-state index in [0.29, 0.717) is 6.54 Å². The van der Waals surface area contributed by atoms with Crippen LogP contribution >= 0.6 is 12.4 Å². The van der Waals surface area contributed by atoms with Gasteiger partial charge in [0.1, 0.15) is 0 Å². The van der Waals surface area contributed by atoms with Crippen LogP contribution in [0.1, 0.15) is 40.7 Å². The van der Waals surface area contributed by atoms with Crippen molar-refractivity contribution >= 4 is 30.2 Å². The molecule has 1 aromatic heterocycles. The molecule has 1 heterocycles. The third kappa shape index (κ3) is 5.19. The zero-order valence-electron chi connectivity index (χ0n) is 17.9. The fraction of sp³-hybridized carbons (Fsp3) is 0.500. The molecule has 0 radical (unpaired) electrons. The lowest BCUT2D eigenvalue weighted by Gasteiger charge is -2.18. The fourth-order valence-corrected chi connectivity index (χ4v) is 4.52. The first-order chi connectivity index (χ1) is 14.4. The summed E-state index contributed by atoms with van der Waals surface area (Å²) in [5.74, 6) is -1.20. The van der Waals surface area contributed by atoms with Crippen molar-refractivity contribution in [1.29, 1.82) is 0 Å². The van der Waals surface area contributed by atoms with Gasteiger partial charge in [-0.05, 0) is 74.9 Å². The van der Waals surface area contributed by atoms with E-state index in [9.17, 15) is 14.7 Å². The van der Waals surface area contributed by atoms with Crippen LogP contribution in [0.3, 0.4) is 0 Å². The normalized spacial score (nSPS) is 15.2. The van der Waals surface area contributed by atoms with Crippen LogP contribution in [-0.4, -0.2) is 52.0 Å². The predicted octanol–water partition coefficient (Wildman–Crippen LogP) is 3.05. The van der Waals surface area contributed by atoms with E-state index < -0.39 is 18.2 Å². The standard InChI is InChI=1S/C22H28N4O4.ClH/c1-25(2)11-14-10-23-26(12-14)13-19(21(27)28)30-22(29)24-20-17-7-3-5-15(17)9-16-6-4-8-18(16)20;/h9-10,12,19H,3-8,11,13H2,1-2H3,(H,24,29)(H,27,28);1H/t19-;/m1./s1. The number of amides is 1. The van der Waals surface area contributed by atoms with E-state index in [1.807, 2.05) is 19.0 Å². The van der Waals surface area contributed by atoms with Crippen molar-refractivity contribution in [3.63, 3.8) is 0 Å². The van der Waals surface area contributed by atoms with E-state index in [1.165, 1.54) is 26.9 Å². The Balaban J connectivity index is 0.00000272. The molecule has 4 rings (SSSR count). The Hall–Kier alpha value is -2.58. The van der Waals surface area contributed by atoms with E-state index in [0.717, 1.165) is 49.8 Å². The summed E-state index contributed by atoms with van der Waals surface area (Å²) in [5.41, 5.74) is 6.76. The molecule has 0 spiro atoms. The number of ether oxygens (including phenoxy) is 1. The fourth-order valence-electron chi connectivity index (χ4n) is 4.52. The van der Waals surface area contributed by atoms with Gasteiger partial charge in [0, 0.05) is 18.3 Å². The topological polar surface area (TPSA) is 96.7 Å². The average Bonchev–Trinajstić information content (AvgIpc) is 3.41. The van der Waals surface area contributed by atoms with Gasteiger partial charge >= 0.3 is 12.1 Å². The summed E-state index contributed by atoms with van der Waals surface area (Å²) in [5, 5.41) is 16.6. The van der Waals surface area contributed by atoms with Crippen LogP contribution in [0.5, 0.6) is 0 Å². The van der Waals surface area contributed by atoms with Crippen LogP contribution in [0.2, 0.25) is 0 Å². The Labute approximate surface area is 188 Å². The van der Waals surface area contributed by atoms with Crippen LogP contribution < -0.4 is 5.32 Å². The van der Waals surface area contributed by atoms with Gasteiger partial charge in [0.05, 0.1) is 18.4 Å². The number of anilines is 1. The molecule has 1 aromatic carbocycles. The lowest BCUT2D eigenvalue weighted by Crippen LogP contribution is -2.33. The predicted molar refractivity (Wildman–Crippen MR) is 119 cm³/mol. The van der Waals surface area contributed by atoms with Gasteiger partial charge in [0.25, 0.3) is 0 Å². The highest BCUT2D eigenvalue weighted by atomic mass is 35.5. The minimum Gasteiger partial charge on any atom is -0.478 e. The van der Waals surface area contributed by atoms with Gasteiger partial charge in [-0.1, -0.05) is 6.07 Å². The highest BCUT2D eigenvalue weighted by molar-refractivity contribution is 5.90. The molecule has 2 N–H and O–H groups in total. The van der Waals surface area contributed by atoms with Gasteiger partial charge in [0.15, 0.2) is 0 Å². The number of nitrogens with zero attached hydrogens (tertiary/aromatic N) is 3. The van der Waals surface area contributed by atoms with Crippen molar-refractivity contribution in [2.75, 3.05) is 19.4 Å². The highest BCUT2D eigenvalue weighted by Crippen LogP contribution is 2.38. The summed E-state index contributed by atoms with van der Waals surface area (Å²) >= 11 is 0. The highest BCUT2D eigenvalue weighted by Gasteiger charge is 2.28. The Morgan fingerprint density at radius 3 is 2.42 bits per heavy atom. The second-order valence-electron chi connectivity index (χ2n) is 8.40. The smallest absolute Gasteiger partial charge is 0.412 e. The van der Waals surface area contributed by atoms with Gasteiger partial charge in [0.2, 0.25) is 6.10 Å². The molecule has 0 aliphatic heterocycles. The Bertz CT molecular complexity index is 940. The minimum absolute atomic E-state index is 0. The molecule has 0 bridgehead atoms. The molecule has 2 aromatic rings. The van der Waals surface area contributed by atoms with E-state index >= 15 is 0 Å². The van der Waals surface area contributed by atoms with Crippen LogP contribution in [0, 0.1) is 0 Å². The lowest BCUT2D eigenvalue weighted by atomic mass is 9.99. The number of benzene rings is 1. The molecule has 0 saturated heterocycles. The number of aryl methyl sites for hydroxylation is 2. The number of rotatable bonds is 7. The van der Waals surface area contributed by atoms with Crippen molar-refractivity contribution < 1.29 is 19.4 Å². The molecule has 9 heteroatoms. The van der Waals surface area contributed by atoms with Crippen molar-refractivity contribution in [3.8, 4) is 0 Å². The van der Waals surface area contributed by atoms with Gasteiger partial charge in [-0.3, -0.25) is 10.00 Å². The van der Waals surface area contributed by atoms with Crippen LogP contribution in [-0.2, 0) is 48.3 Å². The second-order valence-corrected chi connectivity index (χ2v) is 8.40. The van der Waals surface area contributed by atoms with Crippen molar-refractivity contribution in [2.24, 2.45) is 0 Å². The Morgan fingerprint density at radius 1 is 1.19 bits per heavy atom. The zero-order valence-corrected chi connectivity index (χ0v) is 18.7. The molecule has 2 aliphatic rings. The van der Waals surface area contributed by atoms with Gasteiger partial charge in [-0.2, -0.15) is 5.10 Å². The second kappa shape index (κ2) is 9.70. The Kier molecular flexibility index (Phi) is 7.23. The molecule has 1 amide bonds. The third-order valence-electron chi connectivity index (χ3n) is 5.76. The number of aliphatic carboxylic acids is 1. The van der Waals surface area contributed by atoms with E-state index in [1.54, 1.807) is 12.4 Å². The number of halogens is 1. The number of fused-ring (bicyclic) bond motifs is 2. The molecular formula is C22H29ClN4O4. The number of carbonyl (C=O) groups is 2. The lowest BCUT2D eigenvalue weighted by molar-refractivity contribution is -0.147. The van der Waals surface area contributed by atoms with E-state index in [4.69, 9.17) is 4.74 Å². The molecule has 168 valence electrons. The summed E-state index contributed by atoms with van der Waals surface area (Å²) in [7, 11) is 3.89. The summed E-state index contributed by atoms with van der Waals surface area (Å²) in [6, 6.07) is 2.28. The van der Waals surface area contributed by atoms with Crippen LogP contribution in [0.15, 0.2) is 18.5 Å².